The molecule has 3 fully saturated rings. The monoisotopic (exact) mass is 1020 g/mol. The average Bonchev–Trinajstić information content (AvgIpc) is 3.37. The smallest absolute Gasteiger partial charge is 0.455 e. The summed E-state index contributed by atoms with van der Waals surface area (Å²) >= 11 is 0. The first kappa shape index (κ1) is 52.5. The lowest BCUT2D eigenvalue weighted by Gasteiger charge is -2.67. The molecule has 11 atom stereocenters. The van der Waals surface area contributed by atoms with E-state index in [1.54, 1.807) is 54.6 Å². The SMILES string of the molecule is CC(=O)OC1C(=O)[C@@]2(C)C([C@H](OC(=O)c3ccccc3)[C@]3(O)C[C@H](OC(=O)[C@H](OC(=O)Oc4ccc([N+](=O)[O-])cc4)[C@@H](NC(=O)c4ccccc4)c4ccccc4)C(C)=C1C3(C)C)[C@]1(OC(C)=O)CO[C@@H]1C[C@@H]2O. The van der Waals surface area contributed by atoms with Crippen LogP contribution >= 0.6 is 0 Å². The molecule has 20 heteroatoms. The van der Waals surface area contributed by atoms with Crippen molar-refractivity contribution in [2.24, 2.45) is 16.7 Å². The van der Waals surface area contributed by atoms with E-state index in [0.717, 1.165) is 38.1 Å². The number of hydrogen-bond acceptors (Lipinski definition) is 18. The van der Waals surface area contributed by atoms with Crippen LogP contribution in [-0.4, -0.2) is 111 Å². The highest BCUT2D eigenvalue weighted by Gasteiger charge is 2.78. The van der Waals surface area contributed by atoms with Crippen molar-refractivity contribution in [1.82, 2.24) is 5.32 Å². The fourth-order valence-corrected chi connectivity index (χ4v) is 11.1. The number of carbonyl (C=O) groups excluding carboxylic acids is 7. The fourth-order valence-electron chi connectivity index (χ4n) is 11.1. The molecular weight excluding hydrogens is 965 g/mol. The number of nitrogens with zero attached hydrogens (tertiary/aromatic N) is 1. The summed E-state index contributed by atoms with van der Waals surface area (Å²) in [6.07, 6.45) is -12.9. The third kappa shape index (κ3) is 9.39. The van der Waals surface area contributed by atoms with E-state index in [-0.39, 0.29) is 52.3 Å². The zero-order valence-electron chi connectivity index (χ0n) is 41.1. The average molecular weight is 1020 g/mol. The number of benzene rings is 4. The first-order chi connectivity index (χ1) is 35.0. The standard InChI is InChI=1S/C54H54N2O18/c1-29-37(71-49(63)43(72-50(64)70-36-24-22-35(23-25-36)56(66)67)41(32-16-10-7-11-17-32)55-47(61)33-18-12-8-13-19-33)27-54(65)46(73-48(62)34-20-14-9-15-21-34)44-52(6,38(59)26-39-53(44,28-68-39)74-31(3)58)45(60)42(69-30(2)57)40(29)51(54,4)5/h7-25,37-39,41-44,46,59,65H,26-28H2,1-6H3,(H,55,61)/t37-,38-,39+,41-,42?,43+,44?,46-,52+,53-,54+/m0/s1. The van der Waals surface area contributed by atoms with Crippen LogP contribution in [0.2, 0.25) is 0 Å². The van der Waals surface area contributed by atoms with Gasteiger partial charge >= 0.3 is 30.0 Å². The summed E-state index contributed by atoms with van der Waals surface area (Å²) in [7, 11) is 0. The molecule has 1 heterocycles. The number of aliphatic hydroxyl groups is 2. The summed E-state index contributed by atoms with van der Waals surface area (Å²) in [6, 6.07) is 26.3. The number of nitrogens with one attached hydrogen (secondary N) is 1. The number of nitro benzene ring substituents is 1. The van der Waals surface area contributed by atoms with Crippen LogP contribution in [0.5, 0.6) is 5.75 Å². The number of Topliss-reactive ketones (excluding diaryl/α,β-unsaturated/α-hetero) is 1. The van der Waals surface area contributed by atoms with Crippen LogP contribution in [0, 0.1) is 26.9 Å². The summed E-state index contributed by atoms with van der Waals surface area (Å²) in [5, 5.41) is 40.3. The number of ether oxygens (including phenoxy) is 7. The number of esters is 4. The number of non-ortho nitro benzene ring substituents is 1. The van der Waals surface area contributed by atoms with E-state index in [1.807, 2.05) is 0 Å². The first-order valence-corrected chi connectivity index (χ1v) is 23.7. The minimum Gasteiger partial charge on any atom is -0.455 e. The Hall–Kier alpha value is -7.81. The van der Waals surface area contributed by atoms with Crippen molar-refractivity contribution >= 4 is 47.4 Å². The van der Waals surface area contributed by atoms with E-state index in [2.05, 4.69) is 5.32 Å². The van der Waals surface area contributed by atoms with Crippen molar-refractivity contribution in [2.45, 2.75) is 108 Å². The van der Waals surface area contributed by atoms with Crippen LogP contribution in [0.1, 0.15) is 86.7 Å². The second-order valence-corrected chi connectivity index (χ2v) is 19.6. The minimum atomic E-state index is -2.53. The Morgan fingerprint density at radius 3 is 1.96 bits per heavy atom. The first-order valence-electron chi connectivity index (χ1n) is 23.7. The van der Waals surface area contributed by atoms with Crippen molar-refractivity contribution in [2.75, 3.05) is 6.61 Å². The molecule has 1 amide bonds. The van der Waals surface area contributed by atoms with Gasteiger partial charge in [0, 0.05) is 49.8 Å². The predicted octanol–water partition coefficient (Wildman–Crippen LogP) is 5.87. The van der Waals surface area contributed by atoms with Gasteiger partial charge in [0.05, 0.1) is 34.5 Å². The zero-order valence-corrected chi connectivity index (χ0v) is 41.1. The molecule has 0 radical (unpaired) electrons. The summed E-state index contributed by atoms with van der Waals surface area (Å²) < 4.78 is 41.8. The number of ketones is 1. The molecule has 3 N–H and O–H groups in total. The van der Waals surface area contributed by atoms with Crippen LogP contribution in [0.15, 0.2) is 126 Å². The van der Waals surface area contributed by atoms with Crippen LogP contribution in [0.3, 0.4) is 0 Å². The van der Waals surface area contributed by atoms with E-state index in [1.165, 1.54) is 64.1 Å². The fraction of sp³-hybridized carbons (Fsp3) is 0.389. The summed E-state index contributed by atoms with van der Waals surface area (Å²) in [5.41, 5.74) is -8.29. The lowest BCUT2D eigenvalue weighted by Crippen LogP contribution is -2.82. The van der Waals surface area contributed by atoms with E-state index in [9.17, 15) is 44.3 Å². The van der Waals surface area contributed by atoms with E-state index < -0.39 is 124 Å². The second kappa shape index (κ2) is 20.2. The lowest BCUT2D eigenvalue weighted by molar-refractivity contribution is -0.384. The Kier molecular flexibility index (Phi) is 14.4. The van der Waals surface area contributed by atoms with E-state index >= 15 is 9.59 Å². The summed E-state index contributed by atoms with van der Waals surface area (Å²) in [6.45, 7) is 7.63. The van der Waals surface area contributed by atoms with Gasteiger partial charge < -0.3 is 48.7 Å². The maximum absolute atomic E-state index is 15.7. The number of amides is 1. The van der Waals surface area contributed by atoms with Crippen LogP contribution < -0.4 is 10.1 Å². The third-order valence-electron chi connectivity index (χ3n) is 14.9. The van der Waals surface area contributed by atoms with Gasteiger partial charge in [-0.05, 0) is 67.0 Å². The molecule has 74 heavy (non-hydrogen) atoms. The van der Waals surface area contributed by atoms with Crippen LogP contribution in [0.4, 0.5) is 10.5 Å². The number of carbonyl (C=O) groups is 7. The molecule has 388 valence electrons. The Morgan fingerprint density at radius 2 is 1.41 bits per heavy atom. The molecule has 4 aliphatic rings. The van der Waals surface area contributed by atoms with E-state index in [0.29, 0.717) is 0 Å². The maximum atomic E-state index is 15.7. The third-order valence-corrected chi connectivity index (χ3v) is 14.9. The normalized spacial score (nSPS) is 28.4. The second-order valence-electron chi connectivity index (χ2n) is 19.6. The largest absolute Gasteiger partial charge is 0.514 e. The minimum absolute atomic E-state index is 0.0110. The van der Waals surface area contributed by atoms with Crippen molar-refractivity contribution in [3.05, 3.63) is 153 Å². The van der Waals surface area contributed by atoms with Crippen molar-refractivity contribution in [3.63, 3.8) is 0 Å². The van der Waals surface area contributed by atoms with Gasteiger partial charge in [0.25, 0.3) is 11.6 Å². The van der Waals surface area contributed by atoms with Crippen molar-refractivity contribution in [1.29, 1.82) is 0 Å². The van der Waals surface area contributed by atoms with Crippen LogP contribution in [-0.2, 0) is 47.6 Å². The van der Waals surface area contributed by atoms with Gasteiger partial charge in [-0.1, -0.05) is 80.6 Å². The number of rotatable bonds is 13. The highest BCUT2D eigenvalue weighted by atomic mass is 16.7. The predicted molar refractivity (Wildman–Crippen MR) is 256 cm³/mol. The Bertz CT molecular complexity index is 2890. The molecule has 4 aromatic carbocycles. The summed E-state index contributed by atoms with van der Waals surface area (Å²) in [4.78, 5) is 110. The van der Waals surface area contributed by atoms with E-state index in [4.69, 9.17) is 33.2 Å². The molecule has 2 saturated carbocycles. The molecule has 1 saturated heterocycles. The highest BCUT2D eigenvalue weighted by Crippen LogP contribution is 2.64. The molecule has 3 aliphatic carbocycles. The zero-order chi connectivity index (χ0) is 53.5. The maximum Gasteiger partial charge on any atom is 0.514 e. The van der Waals surface area contributed by atoms with Crippen molar-refractivity contribution < 1.29 is 81.9 Å². The van der Waals surface area contributed by atoms with Gasteiger partial charge in [0.2, 0.25) is 6.10 Å². The number of nitro groups is 1. The quantitative estimate of drug-likeness (QED) is 0.0353. The van der Waals surface area contributed by atoms with Gasteiger partial charge in [-0.15, -0.1) is 0 Å². The topological polar surface area (TPSA) is 280 Å². The molecule has 0 spiro atoms. The Morgan fingerprint density at radius 1 is 0.811 bits per heavy atom. The van der Waals surface area contributed by atoms with Gasteiger partial charge in [-0.2, -0.15) is 0 Å². The number of fused-ring (bicyclic) bond motifs is 5. The molecule has 20 nitrogen and oxygen atoms in total. The molecule has 8 rings (SSSR count). The Balaban J connectivity index is 1.29. The molecular formula is C54H54N2O18. The van der Waals surface area contributed by atoms with Gasteiger partial charge in [-0.3, -0.25) is 29.3 Å². The lowest BCUT2D eigenvalue weighted by atomic mass is 9.44. The number of hydrogen-bond donors (Lipinski definition) is 3. The molecule has 0 aromatic heterocycles. The summed E-state index contributed by atoms with van der Waals surface area (Å²) in [5.74, 6) is -7.67. The molecule has 1 aliphatic heterocycles. The van der Waals surface area contributed by atoms with Gasteiger partial charge in [0.15, 0.2) is 17.5 Å². The van der Waals surface area contributed by atoms with Crippen LogP contribution in [0.25, 0.3) is 0 Å². The highest BCUT2D eigenvalue weighted by molar-refractivity contribution is 5.96. The molecule has 2 bridgehead atoms. The van der Waals surface area contributed by atoms with Crippen molar-refractivity contribution in [3.8, 4) is 5.75 Å². The molecule has 2 unspecified atom stereocenters. The van der Waals surface area contributed by atoms with Gasteiger partial charge in [-0.25, -0.2) is 14.4 Å². The number of aliphatic hydroxyl groups excluding tert-OH is 1. The van der Waals surface area contributed by atoms with Gasteiger partial charge in [0.1, 0.15) is 35.7 Å². The Labute approximate surface area is 424 Å². The molecule has 4 aromatic rings.